The quantitative estimate of drug-likeness (QED) is 0.870. The van der Waals surface area contributed by atoms with Crippen molar-refractivity contribution >= 4 is 11.9 Å². The second-order valence-electron chi connectivity index (χ2n) is 6.19. The summed E-state index contributed by atoms with van der Waals surface area (Å²) in [6, 6.07) is 0. The molecule has 0 bridgehead atoms. The van der Waals surface area contributed by atoms with Gasteiger partial charge in [-0.2, -0.15) is 0 Å². The number of hydrogen-bond acceptors (Lipinski definition) is 4. The van der Waals surface area contributed by atoms with Crippen LogP contribution in [0.5, 0.6) is 0 Å². The van der Waals surface area contributed by atoms with Gasteiger partial charge in [-0.25, -0.2) is 4.79 Å². The highest BCUT2D eigenvalue weighted by molar-refractivity contribution is 5.90. The number of aromatic amines is 1. The molecule has 1 atom stereocenters. The Bertz CT molecular complexity index is 571. The van der Waals surface area contributed by atoms with Gasteiger partial charge in [-0.05, 0) is 30.4 Å². The number of carbonyl (C=O) groups is 2. The number of fused-ring (bicyclic) bond motifs is 1. The van der Waals surface area contributed by atoms with Gasteiger partial charge < -0.3 is 14.5 Å². The van der Waals surface area contributed by atoms with Crippen molar-refractivity contribution in [3.05, 3.63) is 22.5 Å². The molecule has 116 valence electrons. The lowest BCUT2D eigenvalue weighted by Gasteiger charge is -2.37. The minimum absolute atomic E-state index is 0.165. The first kappa shape index (κ1) is 15.6. The molecular formula is C16H23NO4. The molecule has 2 rings (SSSR count). The van der Waals surface area contributed by atoms with Crippen LogP contribution < -0.4 is 0 Å². The van der Waals surface area contributed by atoms with Gasteiger partial charge in [-0.1, -0.05) is 20.8 Å². The molecule has 5 nitrogen and oxygen atoms in total. The zero-order chi connectivity index (χ0) is 15.8. The number of methoxy groups -OCH3 is 1. The molecule has 1 aliphatic carbocycles. The van der Waals surface area contributed by atoms with Gasteiger partial charge in [-0.15, -0.1) is 0 Å². The maximum absolute atomic E-state index is 11.9. The number of ether oxygens (including phenoxy) is 2. The van der Waals surface area contributed by atoms with Crippen LogP contribution in [-0.4, -0.2) is 24.0 Å². The van der Waals surface area contributed by atoms with E-state index in [1.54, 1.807) is 0 Å². The van der Waals surface area contributed by atoms with Crippen LogP contribution in [0.3, 0.4) is 0 Å². The molecule has 0 aromatic carbocycles. The van der Waals surface area contributed by atoms with E-state index in [0.29, 0.717) is 5.69 Å². The Kier molecular flexibility index (Phi) is 4.12. The molecule has 1 N–H and O–H groups in total. The van der Waals surface area contributed by atoms with E-state index in [1.165, 1.54) is 14.0 Å². The van der Waals surface area contributed by atoms with E-state index in [-0.39, 0.29) is 23.5 Å². The molecule has 0 aliphatic heterocycles. The predicted molar refractivity (Wildman–Crippen MR) is 78.1 cm³/mol. The molecule has 1 unspecified atom stereocenters. The van der Waals surface area contributed by atoms with Crippen LogP contribution in [0.4, 0.5) is 0 Å². The number of rotatable bonds is 3. The first-order chi connectivity index (χ1) is 9.81. The lowest BCUT2D eigenvalue weighted by Crippen LogP contribution is -2.31. The minimum atomic E-state index is -0.374. The van der Waals surface area contributed by atoms with E-state index in [4.69, 9.17) is 9.47 Å². The zero-order valence-corrected chi connectivity index (χ0v) is 13.3. The molecule has 1 aromatic rings. The fourth-order valence-electron chi connectivity index (χ4n) is 3.13. The first-order valence-corrected chi connectivity index (χ1v) is 7.31. The molecular weight excluding hydrogens is 270 g/mol. The van der Waals surface area contributed by atoms with Gasteiger partial charge in [0.05, 0.1) is 12.8 Å². The number of H-pyrrole nitrogens is 1. The van der Waals surface area contributed by atoms with Crippen LogP contribution in [-0.2, 0) is 27.1 Å². The maximum Gasteiger partial charge on any atom is 0.354 e. The molecule has 21 heavy (non-hydrogen) atoms. The third kappa shape index (κ3) is 2.69. The van der Waals surface area contributed by atoms with Crippen molar-refractivity contribution in [1.29, 1.82) is 0 Å². The van der Waals surface area contributed by atoms with Crippen molar-refractivity contribution in [3.8, 4) is 0 Å². The van der Waals surface area contributed by atoms with E-state index in [1.807, 2.05) is 6.92 Å². The Labute approximate surface area is 125 Å². The highest BCUT2D eigenvalue weighted by Gasteiger charge is 2.41. The average Bonchev–Trinajstić information content (AvgIpc) is 2.79. The molecule has 0 radical (unpaired) electrons. The van der Waals surface area contributed by atoms with E-state index in [9.17, 15) is 9.59 Å². The van der Waals surface area contributed by atoms with Gasteiger partial charge in [0.2, 0.25) is 0 Å². The molecule has 0 spiro atoms. The van der Waals surface area contributed by atoms with Crippen molar-refractivity contribution in [2.24, 2.45) is 5.41 Å². The smallest absolute Gasteiger partial charge is 0.354 e. The summed E-state index contributed by atoms with van der Waals surface area (Å²) in [4.78, 5) is 26.5. The Hall–Kier alpha value is -1.78. The van der Waals surface area contributed by atoms with E-state index >= 15 is 0 Å². The SMILES string of the molecule is CCc1c(C(=O)OC)[nH]c2c1CCC(C)(C)C2OC(C)=O. The van der Waals surface area contributed by atoms with Crippen molar-refractivity contribution in [2.45, 2.75) is 53.1 Å². The largest absolute Gasteiger partial charge is 0.464 e. The Morgan fingerprint density at radius 3 is 2.57 bits per heavy atom. The molecule has 1 aromatic heterocycles. The van der Waals surface area contributed by atoms with Crippen LogP contribution in [0.2, 0.25) is 0 Å². The van der Waals surface area contributed by atoms with E-state index < -0.39 is 0 Å². The molecule has 0 amide bonds. The van der Waals surface area contributed by atoms with Gasteiger partial charge >= 0.3 is 11.9 Å². The van der Waals surface area contributed by atoms with Crippen LogP contribution in [0.25, 0.3) is 0 Å². The number of esters is 2. The van der Waals surface area contributed by atoms with E-state index in [0.717, 1.165) is 36.1 Å². The molecule has 0 saturated carbocycles. The number of carbonyl (C=O) groups excluding carboxylic acids is 2. The van der Waals surface area contributed by atoms with Crippen LogP contribution >= 0.6 is 0 Å². The molecule has 1 heterocycles. The van der Waals surface area contributed by atoms with Gasteiger partial charge in [0.15, 0.2) is 0 Å². The number of hydrogen-bond donors (Lipinski definition) is 1. The van der Waals surface area contributed by atoms with Crippen LogP contribution in [0, 0.1) is 5.41 Å². The van der Waals surface area contributed by atoms with Crippen molar-refractivity contribution in [1.82, 2.24) is 4.98 Å². The minimum Gasteiger partial charge on any atom is -0.464 e. The van der Waals surface area contributed by atoms with Gasteiger partial charge in [0.25, 0.3) is 0 Å². The third-order valence-corrected chi connectivity index (χ3v) is 4.27. The fourth-order valence-corrected chi connectivity index (χ4v) is 3.13. The van der Waals surface area contributed by atoms with Crippen molar-refractivity contribution in [3.63, 3.8) is 0 Å². The maximum atomic E-state index is 11.9. The molecule has 0 saturated heterocycles. The summed E-state index contributed by atoms with van der Waals surface area (Å²) in [5, 5.41) is 0. The highest BCUT2D eigenvalue weighted by atomic mass is 16.5. The Morgan fingerprint density at radius 2 is 2.05 bits per heavy atom. The summed E-state index contributed by atoms with van der Waals surface area (Å²) >= 11 is 0. The third-order valence-electron chi connectivity index (χ3n) is 4.27. The summed E-state index contributed by atoms with van der Waals surface area (Å²) in [5.41, 5.74) is 3.24. The summed E-state index contributed by atoms with van der Waals surface area (Å²) in [7, 11) is 1.37. The Morgan fingerprint density at radius 1 is 1.38 bits per heavy atom. The van der Waals surface area contributed by atoms with Gasteiger partial charge in [0.1, 0.15) is 11.8 Å². The lowest BCUT2D eigenvalue weighted by molar-refractivity contribution is -0.154. The summed E-state index contributed by atoms with van der Waals surface area (Å²) < 4.78 is 10.4. The zero-order valence-electron chi connectivity index (χ0n) is 13.3. The Balaban J connectivity index is 2.55. The lowest BCUT2D eigenvalue weighted by atomic mass is 9.73. The van der Waals surface area contributed by atoms with Crippen molar-refractivity contribution < 1.29 is 19.1 Å². The van der Waals surface area contributed by atoms with Crippen LogP contribution in [0.1, 0.15) is 67.5 Å². The monoisotopic (exact) mass is 293 g/mol. The standard InChI is InChI=1S/C16H23NO4/c1-6-10-11-7-8-16(3,4)14(21-9(2)18)12(11)17-13(10)15(19)20-5/h14,17H,6-8H2,1-5H3. The second kappa shape index (κ2) is 5.54. The summed E-state index contributed by atoms with van der Waals surface area (Å²) in [6.07, 6.45) is 2.16. The second-order valence-corrected chi connectivity index (χ2v) is 6.19. The van der Waals surface area contributed by atoms with Crippen molar-refractivity contribution in [2.75, 3.05) is 7.11 Å². The van der Waals surface area contributed by atoms with Gasteiger partial charge in [-0.3, -0.25) is 4.79 Å². The van der Waals surface area contributed by atoms with Gasteiger partial charge in [0, 0.05) is 12.3 Å². The predicted octanol–water partition coefficient (Wildman–Crippen LogP) is 2.94. The number of aromatic nitrogens is 1. The topological polar surface area (TPSA) is 68.4 Å². The average molecular weight is 293 g/mol. The highest BCUT2D eigenvalue weighted by Crippen LogP contribution is 2.47. The summed E-state index contributed by atoms with van der Waals surface area (Å²) in [5.74, 6) is -0.686. The fraction of sp³-hybridized carbons (Fsp3) is 0.625. The number of nitrogens with one attached hydrogen (secondary N) is 1. The normalized spacial score (nSPS) is 19.8. The molecule has 0 fully saturated rings. The molecule has 1 aliphatic rings. The van der Waals surface area contributed by atoms with Crippen LogP contribution in [0.15, 0.2) is 0 Å². The summed E-state index contributed by atoms with van der Waals surface area (Å²) in [6.45, 7) is 7.58. The molecule has 5 heteroatoms. The van der Waals surface area contributed by atoms with E-state index in [2.05, 4.69) is 18.8 Å². The first-order valence-electron chi connectivity index (χ1n) is 7.31.